The summed E-state index contributed by atoms with van der Waals surface area (Å²) in [7, 11) is 1.78. The maximum absolute atomic E-state index is 12.7. The number of nitrogens with zero attached hydrogens (tertiary/aromatic N) is 4. The molecule has 1 unspecified atom stereocenters. The molecule has 0 spiro atoms. The highest BCUT2D eigenvalue weighted by molar-refractivity contribution is 8.00. The van der Waals surface area contributed by atoms with Crippen LogP contribution < -0.4 is 4.74 Å². The Morgan fingerprint density at radius 3 is 2.72 bits per heavy atom. The molecule has 1 atom stereocenters. The molecule has 2 heterocycles. The van der Waals surface area contributed by atoms with Crippen LogP contribution in [0, 0.1) is 0 Å². The smallest absolute Gasteiger partial charge is 0.235 e. The molecule has 2 aromatic heterocycles. The third-order valence-corrected chi connectivity index (χ3v) is 6.48. The van der Waals surface area contributed by atoms with Crippen LogP contribution in [0.5, 0.6) is 5.75 Å². The molecule has 0 saturated carbocycles. The molecule has 29 heavy (non-hydrogen) atoms. The second-order valence-electron chi connectivity index (χ2n) is 6.35. The third kappa shape index (κ3) is 5.52. The molecule has 6 nitrogen and oxygen atoms in total. The predicted molar refractivity (Wildman–Crippen MR) is 119 cm³/mol. The van der Waals surface area contributed by atoms with E-state index in [0.717, 1.165) is 28.2 Å². The van der Waals surface area contributed by atoms with Gasteiger partial charge in [0.1, 0.15) is 12.4 Å². The summed E-state index contributed by atoms with van der Waals surface area (Å²) in [6.45, 7) is 5.59. The number of aromatic nitrogens is 3. The molecule has 0 N–H and O–H groups in total. The van der Waals surface area contributed by atoms with Crippen LogP contribution in [-0.4, -0.2) is 51.0 Å². The minimum Gasteiger partial charge on any atom is -0.492 e. The summed E-state index contributed by atoms with van der Waals surface area (Å²) in [5, 5.41) is 11.8. The summed E-state index contributed by atoms with van der Waals surface area (Å²) in [5.41, 5.74) is 0. The maximum atomic E-state index is 12.7. The number of thioether (sulfide) groups is 1. The molecule has 0 aliphatic heterocycles. The minimum atomic E-state index is -0.277. The van der Waals surface area contributed by atoms with E-state index in [1.165, 1.54) is 11.8 Å². The standard InChI is InChI=1S/C20H23ClN4O2S2/c1-4-25-18(17-6-5-13-28-17)22-23-20(25)29-14(2)19(26)24(3)11-12-27-16-9-7-15(21)8-10-16/h5-10,13-14H,4,11-12H2,1-3H3. The number of benzene rings is 1. The molecular formula is C20H23ClN4O2S2. The summed E-state index contributed by atoms with van der Waals surface area (Å²) >= 11 is 8.93. The van der Waals surface area contributed by atoms with Gasteiger partial charge in [-0.3, -0.25) is 4.79 Å². The van der Waals surface area contributed by atoms with Gasteiger partial charge < -0.3 is 14.2 Å². The van der Waals surface area contributed by atoms with Crippen LogP contribution in [0.25, 0.3) is 10.7 Å². The van der Waals surface area contributed by atoms with Gasteiger partial charge in [0.05, 0.1) is 16.7 Å². The van der Waals surface area contributed by atoms with E-state index in [9.17, 15) is 4.79 Å². The summed E-state index contributed by atoms with van der Waals surface area (Å²) in [5.74, 6) is 1.60. The lowest BCUT2D eigenvalue weighted by atomic mass is 10.3. The number of hydrogen-bond acceptors (Lipinski definition) is 6. The molecule has 0 fully saturated rings. The van der Waals surface area contributed by atoms with Gasteiger partial charge in [0.15, 0.2) is 11.0 Å². The average molecular weight is 451 g/mol. The highest BCUT2D eigenvalue weighted by atomic mass is 35.5. The zero-order valence-corrected chi connectivity index (χ0v) is 18.9. The van der Waals surface area contributed by atoms with Gasteiger partial charge in [0, 0.05) is 18.6 Å². The molecular weight excluding hydrogens is 428 g/mol. The number of carbonyl (C=O) groups is 1. The Labute approximate surface area is 183 Å². The number of thiophene rings is 1. The first-order chi connectivity index (χ1) is 14.0. The molecule has 0 aliphatic carbocycles. The zero-order chi connectivity index (χ0) is 20.8. The van der Waals surface area contributed by atoms with Gasteiger partial charge in [-0.2, -0.15) is 0 Å². The van der Waals surface area contributed by atoms with Crippen LogP contribution in [0.2, 0.25) is 5.02 Å². The van der Waals surface area contributed by atoms with Crippen molar-refractivity contribution in [3.8, 4) is 16.5 Å². The molecule has 3 aromatic rings. The van der Waals surface area contributed by atoms with Crippen LogP contribution in [0.15, 0.2) is 46.9 Å². The lowest BCUT2D eigenvalue weighted by Gasteiger charge is -2.21. The van der Waals surface area contributed by atoms with Crippen molar-refractivity contribution in [3.63, 3.8) is 0 Å². The monoisotopic (exact) mass is 450 g/mol. The van der Waals surface area contributed by atoms with Gasteiger partial charge in [-0.15, -0.1) is 21.5 Å². The lowest BCUT2D eigenvalue weighted by Crippen LogP contribution is -2.36. The number of ether oxygens (including phenoxy) is 1. The van der Waals surface area contributed by atoms with Crippen LogP contribution in [0.4, 0.5) is 0 Å². The van der Waals surface area contributed by atoms with Gasteiger partial charge >= 0.3 is 0 Å². The maximum Gasteiger partial charge on any atom is 0.235 e. The van der Waals surface area contributed by atoms with Crippen LogP contribution in [0.1, 0.15) is 13.8 Å². The van der Waals surface area contributed by atoms with E-state index < -0.39 is 0 Å². The molecule has 9 heteroatoms. The van der Waals surface area contributed by atoms with Crippen molar-refractivity contribution >= 4 is 40.6 Å². The van der Waals surface area contributed by atoms with Gasteiger partial charge in [0.2, 0.25) is 5.91 Å². The Morgan fingerprint density at radius 2 is 2.07 bits per heavy atom. The topological polar surface area (TPSA) is 60.2 Å². The fraction of sp³-hybridized carbons (Fsp3) is 0.350. The highest BCUT2D eigenvalue weighted by Gasteiger charge is 2.23. The number of halogens is 1. The third-order valence-electron chi connectivity index (χ3n) is 4.29. The van der Waals surface area contributed by atoms with E-state index in [4.69, 9.17) is 16.3 Å². The first kappa shape index (κ1) is 21.7. The molecule has 1 amide bonds. The Hall–Kier alpha value is -2.03. The molecule has 3 rings (SSSR count). The van der Waals surface area contributed by atoms with E-state index in [1.54, 1.807) is 35.4 Å². The van der Waals surface area contributed by atoms with E-state index in [1.807, 2.05) is 41.1 Å². The fourth-order valence-corrected chi connectivity index (χ4v) is 4.58. The van der Waals surface area contributed by atoms with Gasteiger partial charge in [-0.1, -0.05) is 29.4 Å². The van der Waals surface area contributed by atoms with E-state index in [2.05, 4.69) is 17.1 Å². The van der Waals surface area contributed by atoms with Crippen molar-refractivity contribution in [1.29, 1.82) is 0 Å². The summed E-state index contributed by atoms with van der Waals surface area (Å²) < 4.78 is 7.72. The largest absolute Gasteiger partial charge is 0.492 e. The Morgan fingerprint density at radius 1 is 1.31 bits per heavy atom. The molecule has 0 aliphatic rings. The van der Waals surface area contributed by atoms with Gasteiger partial charge in [0.25, 0.3) is 0 Å². The van der Waals surface area contributed by atoms with Crippen LogP contribution >= 0.6 is 34.7 Å². The van der Waals surface area contributed by atoms with Gasteiger partial charge in [-0.25, -0.2) is 0 Å². The zero-order valence-electron chi connectivity index (χ0n) is 16.5. The molecule has 0 bridgehead atoms. The number of likely N-dealkylation sites (N-methyl/N-ethyl adjacent to an activating group) is 1. The number of carbonyl (C=O) groups excluding carboxylic acids is 1. The van der Waals surface area contributed by atoms with Crippen molar-refractivity contribution in [3.05, 3.63) is 46.8 Å². The average Bonchev–Trinajstić information content (AvgIpc) is 3.38. The number of amides is 1. The minimum absolute atomic E-state index is 0.0260. The predicted octanol–water partition coefficient (Wildman–Crippen LogP) is 4.70. The van der Waals surface area contributed by atoms with E-state index in [0.29, 0.717) is 18.2 Å². The van der Waals surface area contributed by atoms with Crippen molar-refractivity contribution < 1.29 is 9.53 Å². The molecule has 0 radical (unpaired) electrons. The van der Waals surface area contributed by atoms with Crippen LogP contribution in [-0.2, 0) is 11.3 Å². The first-order valence-corrected chi connectivity index (χ1v) is 11.4. The SMILES string of the molecule is CCn1c(SC(C)C(=O)N(C)CCOc2ccc(Cl)cc2)nnc1-c1cccs1. The normalized spacial score (nSPS) is 12.0. The Balaban J connectivity index is 1.55. The van der Waals surface area contributed by atoms with Crippen molar-refractivity contribution in [1.82, 2.24) is 19.7 Å². The molecule has 154 valence electrons. The van der Waals surface area contributed by atoms with Crippen molar-refractivity contribution in [2.45, 2.75) is 30.8 Å². The Bertz CT molecular complexity index is 929. The second kappa shape index (κ2) is 10.1. The number of rotatable bonds is 9. The quantitative estimate of drug-likeness (QED) is 0.442. The number of hydrogen-bond donors (Lipinski definition) is 0. The molecule has 0 saturated heterocycles. The summed E-state index contributed by atoms with van der Waals surface area (Å²) in [6, 6.07) is 11.2. The summed E-state index contributed by atoms with van der Waals surface area (Å²) in [4.78, 5) is 15.5. The van der Waals surface area contributed by atoms with E-state index in [-0.39, 0.29) is 11.2 Å². The lowest BCUT2D eigenvalue weighted by molar-refractivity contribution is -0.129. The fourth-order valence-electron chi connectivity index (χ4n) is 2.71. The molecule has 1 aromatic carbocycles. The highest BCUT2D eigenvalue weighted by Crippen LogP contribution is 2.29. The van der Waals surface area contributed by atoms with Crippen molar-refractivity contribution in [2.24, 2.45) is 0 Å². The van der Waals surface area contributed by atoms with Gasteiger partial charge in [-0.05, 0) is 49.6 Å². The van der Waals surface area contributed by atoms with E-state index >= 15 is 0 Å². The second-order valence-corrected chi connectivity index (χ2v) is 9.04. The van der Waals surface area contributed by atoms with Crippen LogP contribution in [0.3, 0.4) is 0 Å². The first-order valence-electron chi connectivity index (χ1n) is 9.26. The summed E-state index contributed by atoms with van der Waals surface area (Å²) in [6.07, 6.45) is 0. The van der Waals surface area contributed by atoms with Crippen molar-refractivity contribution in [2.75, 3.05) is 20.2 Å². The Kier molecular flexibility index (Phi) is 7.57.